The van der Waals surface area contributed by atoms with E-state index in [1.165, 1.54) is 14.0 Å². The Balaban J connectivity index is 2.13. The second kappa shape index (κ2) is 8.43. The van der Waals surface area contributed by atoms with Crippen LogP contribution in [0.1, 0.15) is 29.9 Å². The Labute approximate surface area is 162 Å². The van der Waals surface area contributed by atoms with Crippen LogP contribution in [0.4, 0.5) is 27.8 Å². The third-order valence-corrected chi connectivity index (χ3v) is 4.16. The van der Waals surface area contributed by atoms with Gasteiger partial charge < -0.3 is 15.4 Å². The minimum Gasteiger partial charge on any atom is -0.383 e. The van der Waals surface area contributed by atoms with Crippen LogP contribution in [0.5, 0.6) is 0 Å². The monoisotopic (exact) mass is 430 g/mol. The van der Waals surface area contributed by atoms with Crippen molar-refractivity contribution in [3.05, 3.63) is 11.8 Å². The van der Waals surface area contributed by atoms with Crippen molar-refractivity contribution in [2.24, 2.45) is 0 Å². The van der Waals surface area contributed by atoms with Crippen LogP contribution in [0, 0.1) is 0 Å². The fraction of sp³-hybridized carbons (Fsp3) is 0.643. The molecular weight excluding hydrogens is 411 g/mol. The third kappa shape index (κ3) is 4.79. The summed E-state index contributed by atoms with van der Waals surface area (Å²) in [5.41, 5.74) is 4.19. The van der Waals surface area contributed by atoms with Crippen molar-refractivity contribution in [2.45, 2.75) is 37.5 Å². The SMILES string of the molecule is COCCNC(=S)NNC(=O)c1cc2n(n1)[C@H](C(F)(F)C(F)(F)F)C[C@@H](C)N2. The van der Waals surface area contributed by atoms with Crippen LogP contribution >= 0.6 is 12.2 Å². The lowest BCUT2D eigenvalue weighted by atomic mass is 9.99. The van der Waals surface area contributed by atoms with E-state index in [-0.39, 0.29) is 16.6 Å². The lowest BCUT2D eigenvalue weighted by Gasteiger charge is -2.35. The highest BCUT2D eigenvalue weighted by Crippen LogP contribution is 2.47. The molecule has 4 N–H and O–H groups in total. The lowest BCUT2D eigenvalue weighted by Crippen LogP contribution is -2.49. The number of carbonyl (C=O) groups excluding carboxylic acids is 1. The zero-order valence-corrected chi connectivity index (χ0v) is 15.7. The first-order valence-electron chi connectivity index (χ1n) is 8.11. The molecule has 0 saturated heterocycles. The molecule has 0 aliphatic carbocycles. The van der Waals surface area contributed by atoms with E-state index in [0.29, 0.717) is 17.8 Å². The van der Waals surface area contributed by atoms with E-state index in [0.717, 1.165) is 6.07 Å². The van der Waals surface area contributed by atoms with E-state index in [2.05, 4.69) is 26.6 Å². The first-order valence-corrected chi connectivity index (χ1v) is 8.52. The number of hydrazine groups is 1. The number of anilines is 1. The standard InChI is InChI=1S/C14H19F5N6O2S/c1-7-5-9(13(15,16)14(17,18)19)25-10(21-7)6-8(24-25)11(26)22-23-12(28)20-3-4-27-2/h6-7,9,21H,3-5H2,1-2H3,(H,22,26)(H2,20,23,28)/t7-,9+/m1/s1. The molecule has 0 aromatic carbocycles. The van der Waals surface area contributed by atoms with Crippen molar-refractivity contribution in [1.29, 1.82) is 0 Å². The van der Waals surface area contributed by atoms with Gasteiger partial charge in [0.05, 0.1) is 6.61 Å². The molecule has 0 bridgehead atoms. The van der Waals surface area contributed by atoms with Crippen molar-refractivity contribution in [2.75, 3.05) is 25.6 Å². The summed E-state index contributed by atoms with van der Waals surface area (Å²) in [5.74, 6) is -5.98. The first kappa shape index (κ1) is 22.1. The first-order chi connectivity index (χ1) is 13.0. The van der Waals surface area contributed by atoms with Crippen molar-refractivity contribution in [3.63, 3.8) is 0 Å². The summed E-state index contributed by atoms with van der Waals surface area (Å²) in [7, 11) is 1.49. The molecule has 0 unspecified atom stereocenters. The molecule has 1 aliphatic heterocycles. The Morgan fingerprint density at radius 2 is 2.07 bits per heavy atom. The number of nitrogens with zero attached hydrogens (tertiary/aromatic N) is 2. The molecule has 0 radical (unpaired) electrons. The van der Waals surface area contributed by atoms with Crippen molar-refractivity contribution in [3.8, 4) is 0 Å². The molecule has 14 heteroatoms. The summed E-state index contributed by atoms with van der Waals surface area (Å²) >= 11 is 4.89. The molecule has 1 amide bonds. The maximum absolute atomic E-state index is 13.9. The number of halogens is 5. The fourth-order valence-corrected chi connectivity index (χ4v) is 2.73. The van der Waals surface area contributed by atoms with Gasteiger partial charge in [-0.15, -0.1) is 0 Å². The summed E-state index contributed by atoms with van der Waals surface area (Å²) in [6.07, 6.45) is -6.27. The van der Waals surface area contributed by atoms with Crippen LogP contribution < -0.4 is 21.5 Å². The van der Waals surface area contributed by atoms with Gasteiger partial charge in [-0.25, -0.2) is 4.68 Å². The Morgan fingerprint density at radius 1 is 1.39 bits per heavy atom. The topological polar surface area (TPSA) is 92.2 Å². The number of aromatic nitrogens is 2. The number of ether oxygens (including phenoxy) is 1. The lowest BCUT2D eigenvalue weighted by molar-refractivity contribution is -0.301. The zero-order valence-electron chi connectivity index (χ0n) is 14.9. The van der Waals surface area contributed by atoms with E-state index in [1.54, 1.807) is 0 Å². The average molecular weight is 430 g/mol. The molecule has 0 saturated carbocycles. The minimum absolute atomic E-state index is 0.0580. The largest absolute Gasteiger partial charge is 0.455 e. The number of rotatable bonds is 5. The molecule has 2 rings (SSSR count). The molecule has 2 atom stereocenters. The average Bonchev–Trinajstić information content (AvgIpc) is 3.01. The minimum atomic E-state index is -5.75. The van der Waals surface area contributed by atoms with Gasteiger partial charge in [0.1, 0.15) is 11.9 Å². The number of methoxy groups -OCH3 is 1. The van der Waals surface area contributed by atoms with Gasteiger partial charge >= 0.3 is 12.1 Å². The van der Waals surface area contributed by atoms with Crippen molar-refractivity contribution in [1.82, 2.24) is 25.9 Å². The van der Waals surface area contributed by atoms with E-state index in [1.807, 2.05) is 0 Å². The maximum atomic E-state index is 13.9. The predicted molar refractivity (Wildman–Crippen MR) is 93.0 cm³/mol. The van der Waals surface area contributed by atoms with Gasteiger partial charge in [0.25, 0.3) is 5.91 Å². The smallest absolute Gasteiger partial charge is 0.383 e. The van der Waals surface area contributed by atoms with Gasteiger partial charge in [-0.05, 0) is 25.6 Å². The van der Waals surface area contributed by atoms with Gasteiger partial charge in [-0.3, -0.25) is 15.6 Å². The number of hydrogen-bond acceptors (Lipinski definition) is 5. The maximum Gasteiger partial charge on any atom is 0.455 e. The quantitative estimate of drug-likeness (QED) is 0.244. The Kier molecular flexibility index (Phi) is 6.64. The molecular formula is C14H19F5N6O2S. The second-order valence-electron chi connectivity index (χ2n) is 6.10. The summed E-state index contributed by atoms with van der Waals surface area (Å²) in [5, 5.41) is 9.14. The van der Waals surface area contributed by atoms with Crippen LogP contribution in [0.3, 0.4) is 0 Å². The predicted octanol–water partition coefficient (Wildman–Crippen LogP) is 1.58. The van der Waals surface area contributed by atoms with Crippen LogP contribution in [0.15, 0.2) is 6.07 Å². The van der Waals surface area contributed by atoms with E-state index < -0.39 is 36.5 Å². The highest BCUT2D eigenvalue weighted by molar-refractivity contribution is 7.80. The van der Waals surface area contributed by atoms with Crippen LogP contribution in [-0.2, 0) is 4.74 Å². The van der Waals surface area contributed by atoms with E-state index >= 15 is 0 Å². The number of fused-ring (bicyclic) bond motifs is 1. The van der Waals surface area contributed by atoms with Gasteiger partial charge in [0, 0.05) is 25.8 Å². The summed E-state index contributed by atoms with van der Waals surface area (Å²) < 4.78 is 71.6. The Morgan fingerprint density at radius 3 is 2.68 bits per heavy atom. The third-order valence-electron chi connectivity index (χ3n) is 3.91. The molecule has 158 valence electrons. The van der Waals surface area contributed by atoms with E-state index in [9.17, 15) is 26.7 Å². The van der Waals surface area contributed by atoms with Gasteiger partial charge in [0.15, 0.2) is 10.8 Å². The number of carbonyl (C=O) groups is 1. The molecule has 1 aliphatic rings. The van der Waals surface area contributed by atoms with Crippen LogP contribution in [0.25, 0.3) is 0 Å². The normalized spacial score (nSPS) is 19.4. The molecule has 28 heavy (non-hydrogen) atoms. The Hall–Kier alpha value is -2.22. The molecule has 2 heterocycles. The highest BCUT2D eigenvalue weighted by Gasteiger charge is 2.64. The summed E-state index contributed by atoms with van der Waals surface area (Å²) in [4.78, 5) is 12.1. The van der Waals surface area contributed by atoms with Gasteiger partial charge in [0.2, 0.25) is 0 Å². The number of hydrogen-bond donors (Lipinski definition) is 4. The van der Waals surface area contributed by atoms with Crippen LogP contribution in [0.2, 0.25) is 0 Å². The molecule has 1 aromatic heterocycles. The number of amides is 1. The molecule has 8 nitrogen and oxygen atoms in total. The number of nitrogens with one attached hydrogen (secondary N) is 4. The van der Waals surface area contributed by atoms with Gasteiger partial charge in [-0.1, -0.05) is 0 Å². The van der Waals surface area contributed by atoms with Crippen molar-refractivity contribution >= 4 is 29.1 Å². The number of alkyl halides is 5. The van der Waals surface area contributed by atoms with E-state index in [4.69, 9.17) is 17.0 Å². The van der Waals surface area contributed by atoms with Crippen LogP contribution in [-0.4, -0.2) is 59.2 Å². The highest BCUT2D eigenvalue weighted by atomic mass is 32.1. The van der Waals surface area contributed by atoms with Gasteiger partial charge in [-0.2, -0.15) is 27.1 Å². The van der Waals surface area contributed by atoms with Crippen molar-refractivity contribution < 1.29 is 31.5 Å². The Bertz CT molecular complexity index is 726. The second-order valence-corrected chi connectivity index (χ2v) is 6.51. The fourth-order valence-electron chi connectivity index (χ4n) is 2.58. The summed E-state index contributed by atoms with van der Waals surface area (Å²) in [6.45, 7) is 2.19. The molecule has 0 fully saturated rings. The molecule has 0 spiro atoms. The summed E-state index contributed by atoms with van der Waals surface area (Å²) in [6, 6.07) is -1.85. The number of thiocarbonyl (C=S) groups is 1. The molecule has 1 aromatic rings. The zero-order chi connectivity index (χ0) is 21.1.